The van der Waals surface area contributed by atoms with Gasteiger partial charge in [0, 0.05) is 31.6 Å². The van der Waals surface area contributed by atoms with Gasteiger partial charge in [-0.3, -0.25) is 9.59 Å². The first-order chi connectivity index (χ1) is 13.0. The second-order valence-electron chi connectivity index (χ2n) is 6.54. The van der Waals surface area contributed by atoms with Crippen molar-refractivity contribution in [3.8, 4) is 0 Å². The van der Waals surface area contributed by atoms with Gasteiger partial charge in [-0.2, -0.15) is 0 Å². The van der Waals surface area contributed by atoms with E-state index in [4.69, 9.17) is 4.74 Å². The molecule has 0 saturated carbocycles. The summed E-state index contributed by atoms with van der Waals surface area (Å²) in [6.07, 6.45) is 1.80. The Balaban J connectivity index is 1.57. The van der Waals surface area contributed by atoms with Crippen LogP contribution in [-0.4, -0.2) is 41.7 Å². The first kappa shape index (κ1) is 19.4. The van der Waals surface area contributed by atoms with Crippen LogP contribution in [0.1, 0.15) is 33.9 Å². The molecule has 8 heteroatoms. The van der Waals surface area contributed by atoms with E-state index in [1.165, 1.54) is 23.5 Å². The van der Waals surface area contributed by atoms with Crippen molar-refractivity contribution >= 4 is 23.2 Å². The van der Waals surface area contributed by atoms with Crippen molar-refractivity contribution in [2.24, 2.45) is 11.8 Å². The largest absolute Gasteiger partial charge is 0.481 e. The molecular weight excluding hydrogens is 371 g/mol. The Hall–Kier alpha value is -2.32. The molecule has 0 radical (unpaired) electrons. The van der Waals surface area contributed by atoms with Gasteiger partial charge in [-0.1, -0.05) is 12.1 Å². The number of hydrogen-bond acceptors (Lipinski definition) is 5. The number of thiazole rings is 1. The number of amides is 1. The van der Waals surface area contributed by atoms with Crippen LogP contribution >= 0.6 is 11.3 Å². The lowest BCUT2D eigenvalue weighted by molar-refractivity contribution is -0.144. The highest BCUT2D eigenvalue weighted by Crippen LogP contribution is 2.24. The number of ether oxygens (including phenoxy) is 1. The summed E-state index contributed by atoms with van der Waals surface area (Å²) in [7, 11) is 0. The van der Waals surface area contributed by atoms with Gasteiger partial charge in [-0.25, -0.2) is 9.37 Å². The zero-order valence-corrected chi connectivity index (χ0v) is 15.5. The maximum Gasteiger partial charge on any atom is 0.308 e. The van der Waals surface area contributed by atoms with Crippen LogP contribution in [0.15, 0.2) is 29.6 Å². The van der Waals surface area contributed by atoms with E-state index in [1.807, 2.05) is 0 Å². The van der Waals surface area contributed by atoms with Crippen LogP contribution in [0.4, 0.5) is 4.39 Å². The topological polar surface area (TPSA) is 88.5 Å². The van der Waals surface area contributed by atoms with Gasteiger partial charge in [0.2, 0.25) is 0 Å². The van der Waals surface area contributed by atoms with Crippen LogP contribution in [0.3, 0.4) is 0 Å². The predicted octanol–water partition coefficient (Wildman–Crippen LogP) is 2.73. The quantitative estimate of drug-likeness (QED) is 0.756. The average molecular weight is 392 g/mol. The first-order valence-corrected chi connectivity index (χ1v) is 9.68. The zero-order valence-electron chi connectivity index (χ0n) is 14.7. The number of carbonyl (C=O) groups excluding carboxylic acids is 1. The number of nitrogens with one attached hydrogen (secondary N) is 1. The summed E-state index contributed by atoms with van der Waals surface area (Å²) in [6, 6.07) is 6.25. The highest BCUT2D eigenvalue weighted by Gasteiger charge is 2.30. The van der Waals surface area contributed by atoms with Gasteiger partial charge >= 0.3 is 5.97 Å². The van der Waals surface area contributed by atoms with Gasteiger partial charge in [-0.05, 0) is 36.5 Å². The summed E-state index contributed by atoms with van der Waals surface area (Å²) < 4.78 is 18.5. The molecule has 1 aliphatic rings. The molecule has 2 heterocycles. The number of benzene rings is 1. The van der Waals surface area contributed by atoms with Crippen molar-refractivity contribution in [3.05, 3.63) is 51.7 Å². The second-order valence-corrected chi connectivity index (χ2v) is 7.48. The summed E-state index contributed by atoms with van der Waals surface area (Å²) in [5.74, 6) is -2.25. The fourth-order valence-corrected chi connectivity index (χ4v) is 3.99. The molecule has 1 amide bonds. The molecule has 2 aromatic rings. The normalized spacial score (nSPS) is 16.0. The zero-order chi connectivity index (χ0) is 19.2. The number of rotatable bonds is 7. The number of halogens is 1. The van der Waals surface area contributed by atoms with Gasteiger partial charge in [0.25, 0.3) is 5.91 Å². The number of nitrogens with zero attached hydrogens (tertiary/aromatic N) is 1. The summed E-state index contributed by atoms with van der Waals surface area (Å²) in [4.78, 5) is 28.2. The Labute approximate surface area is 160 Å². The standard InChI is InChI=1S/C19H21FN2O4S/c20-14-3-1-2-12(8-14)9-17-22-16(11-27-17)18(23)21-10-15(19(24)25)13-4-6-26-7-5-13/h1-3,8,11,13,15H,4-7,9-10H2,(H,21,23)(H,24,25). The average Bonchev–Trinajstić information content (AvgIpc) is 3.11. The molecule has 1 aromatic carbocycles. The third kappa shape index (κ3) is 5.33. The number of carbonyl (C=O) groups is 2. The maximum absolute atomic E-state index is 13.3. The number of hydrogen-bond donors (Lipinski definition) is 2. The van der Waals surface area contributed by atoms with Crippen LogP contribution in [0, 0.1) is 17.7 Å². The summed E-state index contributed by atoms with van der Waals surface area (Å²) in [6.45, 7) is 1.17. The molecular formula is C19H21FN2O4S. The molecule has 6 nitrogen and oxygen atoms in total. The molecule has 0 bridgehead atoms. The molecule has 0 aliphatic carbocycles. The molecule has 0 spiro atoms. The lowest BCUT2D eigenvalue weighted by Crippen LogP contribution is -2.39. The summed E-state index contributed by atoms with van der Waals surface area (Å²) in [5.41, 5.74) is 1.03. The second kappa shape index (κ2) is 9.05. The van der Waals surface area contributed by atoms with Crippen LogP contribution in [0.5, 0.6) is 0 Å². The Bertz CT molecular complexity index is 805. The minimum atomic E-state index is -0.910. The number of carboxylic acids is 1. The highest BCUT2D eigenvalue weighted by molar-refractivity contribution is 7.09. The van der Waals surface area contributed by atoms with Gasteiger partial charge in [0.15, 0.2) is 0 Å². The maximum atomic E-state index is 13.3. The molecule has 1 unspecified atom stereocenters. The molecule has 2 N–H and O–H groups in total. The van der Waals surface area contributed by atoms with Crippen molar-refractivity contribution < 1.29 is 23.8 Å². The Morgan fingerprint density at radius 2 is 2.15 bits per heavy atom. The van der Waals surface area contributed by atoms with Gasteiger partial charge < -0.3 is 15.2 Å². The van der Waals surface area contributed by atoms with Crippen molar-refractivity contribution in [2.75, 3.05) is 19.8 Å². The smallest absolute Gasteiger partial charge is 0.308 e. The number of carboxylic acid groups (broad SMARTS) is 1. The molecule has 3 rings (SSSR count). The van der Waals surface area contributed by atoms with Gasteiger partial charge in [0.05, 0.1) is 10.9 Å². The molecule has 1 saturated heterocycles. The fraction of sp³-hybridized carbons (Fsp3) is 0.421. The molecule has 144 valence electrons. The van der Waals surface area contributed by atoms with E-state index in [9.17, 15) is 19.1 Å². The fourth-order valence-electron chi connectivity index (χ4n) is 3.18. The lowest BCUT2D eigenvalue weighted by Gasteiger charge is -2.27. The van der Waals surface area contributed by atoms with E-state index in [2.05, 4.69) is 10.3 Å². The number of aliphatic carboxylic acids is 1. The predicted molar refractivity (Wildman–Crippen MR) is 98.3 cm³/mol. The van der Waals surface area contributed by atoms with E-state index in [-0.39, 0.29) is 24.0 Å². The van der Waals surface area contributed by atoms with Crippen LogP contribution in [0.2, 0.25) is 0 Å². The minimum absolute atomic E-state index is 0.00415. The molecule has 1 aliphatic heterocycles. The molecule has 1 fully saturated rings. The first-order valence-electron chi connectivity index (χ1n) is 8.80. The number of aromatic nitrogens is 1. The SMILES string of the molecule is O=C(NCC(C(=O)O)C1CCOCC1)c1csc(Cc2cccc(F)c2)n1. The van der Waals surface area contributed by atoms with Crippen molar-refractivity contribution in [2.45, 2.75) is 19.3 Å². The van der Waals surface area contributed by atoms with E-state index in [0.29, 0.717) is 37.5 Å². The molecule has 1 atom stereocenters. The third-order valence-corrected chi connectivity index (χ3v) is 5.51. The van der Waals surface area contributed by atoms with Gasteiger partial charge in [-0.15, -0.1) is 11.3 Å². The van der Waals surface area contributed by atoms with Crippen LogP contribution in [-0.2, 0) is 16.0 Å². The monoisotopic (exact) mass is 392 g/mol. The lowest BCUT2D eigenvalue weighted by atomic mass is 9.86. The minimum Gasteiger partial charge on any atom is -0.481 e. The Morgan fingerprint density at radius 1 is 1.37 bits per heavy atom. The highest BCUT2D eigenvalue weighted by atomic mass is 32.1. The van der Waals surface area contributed by atoms with Crippen molar-refractivity contribution in [1.29, 1.82) is 0 Å². The van der Waals surface area contributed by atoms with Crippen molar-refractivity contribution in [1.82, 2.24) is 10.3 Å². The Morgan fingerprint density at radius 3 is 2.85 bits per heavy atom. The Kier molecular flexibility index (Phi) is 6.52. The van der Waals surface area contributed by atoms with Crippen molar-refractivity contribution in [3.63, 3.8) is 0 Å². The van der Waals surface area contributed by atoms with Crippen LogP contribution in [0.25, 0.3) is 0 Å². The van der Waals surface area contributed by atoms with E-state index >= 15 is 0 Å². The third-order valence-electron chi connectivity index (χ3n) is 4.66. The van der Waals surface area contributed by atoms with E-state index in [1.54, 1.807) is 17.5 Å². The van der Waals surface area contributed by atoms with Gasteiger partial charge in [0.1, 0.15) is 11.5 Å². The summed E-state index contributed by atoms with van der Waals surface area (Å²) >= 11 is 1.32. The van der Waals surface area contributed by atoms with E-state index in [0.717, 1.165) is 5.56 Å². The van der Waals surface area contributed by atoms with E-state index < -0.39 is 17.8 Å². The molecule has 1 aromatic heterocycles. The van der Waals surface area contributed by atoms with Crippen LogP contribution < -0.4 is 5.32 Å². The molecule has 27 heavy (non-hydrogen) atoms. The summed E-state index contributed by atoms with van der Waals surface area (Å²) in [5, 5.41) is 14.5.